The Bertz CT molecular complexity index is 1650. The number of benzene rings is 2. The third-order valence-electron chi connectivity index (χ3n) is 7.21. The van der Waals surface area contributed by atoms with Gasteiger partial charge in [0.05, 0.1) is 40.8 Å². The van der Waals surface area contributed by atoms with Crippen LogP contribution in [-0.2, 0) is 11.3 Å². The molecule has 1 fully saturated rings. The number of halogens is 1. The van der Waals surface area contributed by atoms with Crippen LogP contribution in [-0.4, -0.2) is 48.6 Å². The third kappa shape index (κ3) is 3.52. The quantitative estimate of drug-likeness (QED) is 0.373. The van der Waals surface area contributed by atoms with Crippen LogP contribution in [0.1, 0.15) is 18.4 Å². The van der Waals surface area contributed by atoms with Crippen LogP contribution in [0.2, 0.25) is 0 Å². The van der Waals surface area contributed by atoms with Crippen LogP contribution in [0.5, 0.6) is 0 Å². The number of carbonyl (C=O) groups excluding carboxylic acids is 1. The lowest BCUT2D eigenvalue weighted by Gasteiger charge is -2.22. The van der Waals surface area contributed by atoms with Crippen molar-refractivity contribution in [3.8, 4) is 16.8 Å². The van der Waals surface area contributed by atoms with E-state index in [-0.39, 0.29) is 18.1 Å². The van der Waals surface area contributed by atoms with Gasteiger partial charge in [0.2, 0.25) is 5.91 Å². The highest BCUT2D eigenvalue weighted by Crippen LogP contribution is 2.27. The second-order valence-electron chi connectivity index (χ2n) is 9.34. The molecule has 5 aromatic rings. The minimum atomic E-state index is -0.555. The molecule has 0 N–H and O–H groups in total. The van der Waals surface area contributed by atoms with Crippen LogP contribution in [0.15, 0.2) is 78.1 Å². The molecule has 2 aromatic carbocycles. The molecule has 0 bridgehead atoms. The Morgan fingerprint density at radius 3 is 2.72 bits per heavy atom. The first-order valence-electron chi connectivity index (χ1n) is 12.1. The number of hydrogen-bond donors (Lipinski definition) is 0. The summed E-state index contributed by atoms with van der Waals surface area (Å²) in [6.45, 7) is 1.83. The highest BCUT2D eigenvalue weighted by Gasteiger charge is 2.29. The molecule has 0 radical (unpaired) electrons. The maximum Gasteiger partial charge on any atom is 0.334 e. The summed E-state index contributed by atoms with van der Waals surface area (Å²) in [4.78, 5) is 32.6. The zero-order chi connectivity index (χ0) is 24.8. The van der Waals surface area contributed by atoms with E-state index >= 15 is 0 Å². The normalized spacial score (nSPS) is 15.8. The maximum atomic E-state index is 13.7. The van der Waals surface area contributed by atoms with E-state index in [1.165, 1.54) is 4.57 Å². The Labute approximate surface area is 207 Å². The highest BCUT2D eigenvalue weighted by molar-refractivity contribution is 5.85. The summed E-state index contributed by atoms with van der Waals surface area (Å²) in [7, 11) is 0. The Morgan fingerprint density at radius 2 is 1.92 bits per heavy atom. The molecule has 4 heterocycles. The maximum absolute atomic E-state index is 13.7. The molecule has 0 spiro atoms. The molecule has 7 nitrogen and oxygen atoms in total. The number of aryl methyl sites for hydroxylation is 1. The Morgan fingerprint density at radius 1 is 1.08 bits per heavy atom. The van der Waals surface area contributed by atoms with Gasteiger partial charge >= 0.3 is 5.69 Å². The van der Waals surface area contributed by atoms with E-state index < -0.39 is 12.7 Å². The molecule has 0 unspecified atom stereocenters. The van der Waals surface area contributed by atoms with E-state index in [2.05, 4.69) is 4.98 Å². The van der Waals surface area contributed by atoms with Gasteiger partial charge in [0.25, 0.3) is 0 Å². The van der Waals surface area contributed by atoms with Crippen LogP contribution in [0, 0.1) is 6.92 Å². The van der Waals surface area contributed by atoms with Crippen LogP contribution >= 0.6 is 0 Å². The van der Waals surface area contributed by atoms with Gasteiger partial charge in [-0.1, -0.05) is 30.3 Å². The summed E-state index contributed by atoms with van der Waals surface area (Å²) in [6.07, 6.45) is 7.00. The lowest BCUT2D eigenvalue weighted by atomic mass is 10.1. The van der Waals surface area contributed by atoms with Crippen molar-refractivity contribution in [1.29, 1.82) is 0 Å². The van der Waals surface area contributed by atoms with Crippen molar-refractivity contribution in [2.24, 2.45) is 0 Å². The van der Waals surface area contributed by atoms with Gasteiger partial charge in [0, 0.05) is 18.3 Å². The first-order chi connectivity index (χ1) is 17.6. The van der Waals surface area contributed by atoms with E-state index in [9.17, 15) is 14.0 Å². The van der Waals surface area contributed by atoms with Gasteiger partial charge in [0.15, 0.2) is 0 Å². The summed E-state index contributed by atoms with van der Waals surface area (Å²) in [6, 6.07) is 17.2. The second-order valence-corrected chi connectivity index (χ2v) is 9.34. The van der Waals surface area contributed by atoms with Crippen molar-refractivity contribution < 1.29 is 9.18 Å². The zero-order valence-corrected chi connectivity index (χ0v) is 20.0. The Kier molecular flexibility index (Phi) is 5.44. The lowest BCUT2D eigenvalue weighted by Crippen LogP contribution is -2.40. The van der Waals surface area contributed by atoms with Gasteiger partial charge < -0.3 is 9.30 Å². The number of hydrogen-bond acceptors (Lipinski definition) is 3. The predicted octanol–water partition coefficient (Wildman–Crippen LogP) is 4.38. The molecule has 1 saturated heterocycles. The number of carbonyl (C=O) groups is 1. The molecule has 1 aliphatic rings. The minimum Gasteiger partial charge on any atom is -0.336 e. The largest absolute Gasteiger partial charge is 0.336 e. The number of nitrogens with zero attached hydrogens (tertiary/aromatic N) is 5. The molecule has 36 heavy (non-hydrogen) atoms. The number of rotatable bonds is 5. The van der Waals surface area contributed by atoms with E-state index in [0.29, 0.717) is 18.5 Å². The van der Waals surface area contributed by atoms with E-state index in [0.717, 1.165) is 39.8 Å². The molecule has 0 saturated carbocycles. The van der Waals surface area contributed by atoms with E-state index in [1.54, 1.807) is 15.8 Å². The molecule has 3 aromatic heterocycles. The average molecular weight is 484 g/mol. The van der Waals surface area contributed by atoms with E-state index in [4.69, 9.17) is 0 Å². The Balaban J connectivity index is 1.42. The minimum absolute atomic E-state index is 0.108. The summed E-state index contributed by atoms with van der Waals surface area (Å²) < 4.78 is 18.6. The number of fused-ring (bicyclic) bond motifs is 2. The van der Waals surface area contributed by atoms with Gasteiger partial charge in [-0.3, -0.25) is 13.9 Å². The predicted molar refractivity (Wildman–Crippen MR) is 137 cm³/mol. The van der Waals surface area contributed by atoms with Crippen molar-refractivity contribution in [3.05, 3.63) is 89.4 Å². The van der Waals surface area contributed by atoms with Gasteiger partial charge in [-0.25, -0.2) is 14.2 Å². The van der Waals surface area contributed by atoms with Gasteiger partial charge in [-0.05, 0) is 55.2 Å². The first-order valence-corrected chi connectivity index (χ1v) is 12.1. The fourth-order valence-electron chi connectivity index (χ4n) is 5.40. The van der Waals surface area contributed by atoms with Crippen LogP contribution < -0.4 is 5.69 Å². The Hall–Kier alpha value is -4.20. The standard InChI is InChI=1S/C28H26FN5O2/c1-19-5-2-8-24-27(19)34(28(36)33(24)17-26(35)32-14-3-6-22(32)15-29)21-11-9-20(10-12-21)23-7-4-13-31-18-30-16-25(23)31/h2,4-5,7-13,16,18,22H,3,6,14-15,17H2,1H3/t22-/m0/s1. The topological polar surface area (TPSA) is 64.5 Å². The van der Waals surface area contributed by atoms with Gasteiger partial charge in [-0.2, -0.15) is 0 Å². The molecule has 1 amide bonds. The number of alkyl halides is 1. The number of likely N-dealkylation sites (tertiary alicyclic amines) is 1. The van der Waals surface area contributed by atoms with Gasteiger partial charge in [0.1, 0.15) is 13.2 Å². The second kappa shape index (κ2) is 8.78. The lowest BCUT2D eigenvalue weighted by molar-refractivity contribution is -0.132. The van der Waals surface area contributed by atoms with Crippen molar-refractivity contribution in [2.75, 3.05) is 13.2 Å². The van der Waals surface area contributed by atoms with Crippen molar-refractivity contribution in [2.45, 2.75) is 32.4 Å². The number of imidazole rings is 2. The van der Waals surface area contributed by atoms with Crippen LogP contribution in [0.3, 0.4) is 0 Å². The van der Waals surface area contributed by atoms with E-state index in [1.807, 2.05) is 78.3 Å². The molecule has 1 aliphatic heterocycles. The summed E-state index contributed by atoms with van der Waals surface area (Å²) in [5, 5.41) is 0. The zero-order valence-electron chi connectivity index (χ0n) is 20.0. The van der Waals surface area contributed by atoms with Crippen LogP contribution in [0.25, 0.3) is 33.4 Å². The smallest absolute Gasteiger partial charge is 0.334 e. The SMILES string of the molecule is Cc1cccc2c1n(-c1ccc(-c3cccn4cncc34)cc1)c(=O)n2CC(=O)N1CCC[C@H]1CF. The van der Waals surface area contributed by atoms with Crippen LogP contribution in [0.4, 0.5) is 4.39 Å². The summed E-state index contributed by atoms with van der Waals surface area (Å²) in [5.74, 6) is -0.220. The third-order valence-corrected chi connectivity index (χ3v) is 7.21. The first kappa shape index (κ1) is 22.3. The van der Waals surface area contributed by atoms with Crippen molar-refractivity contribution in [3.63, 3.8) is 0 Å². The van der Waals surface area contributed by atoms with Gasteiger partial charge in [-0.15, -0.1) is 0 Å². The average Bonchev–Trinajstić information content (AvgIpc) is 3.63. The number of amides is 1. The highest BCUT2D eigenvalue weighted by atomic mass is 19.1. The van der Waals surface area contributed by atoms with Crippen molar-refractivity contribution >= 4 is 22.5 Å². The number of para-hydroxylation sites is 1. The fourth-order valence-corrected chi connectivity index (χ4v) is 5.40. The monoisotopic (exact) mass is 483 g/mol. The molecule has 6 rings (SSSR count). The molecular formula is C28H26FN5O2. The molecule has 0 aliphatic carbocycles. The molecule has 182 valence electrons. The van der Waals surface area contributed by atoms with Crippen molar-refractivity contribution in [1.82, 2.24) is 23.4 Å². The summed E-state index contributed by atoms with van der Waals surface area (Å²) >= 11 is 0. The number of aromatic nitrogens is 4. The molecule has 8 heteroatoms. The molecule has 1 atom stereocenters. The molecular weight excluding hydrogens is 457 g/mol. The number of pyridine rings is 1. The fraction of sp³-hybridized carbons (Fsp3) is 0.250. The summed E-state index contributed by atoms with van der Waals surface area (Å²) in [5.41, 5.74) is 5.90.